The topological polar surface area (TPSA) is 46.6 Å². The van der Waals surface area contributed by atoms with Gasteiger partial charge in [0.2, 0.25) is 11.8 Å². The molecule has 0 atom stereocenters. The Bertz CT molecular complexity index is 1010. The van der Waals surface area contributed by atoms with Gasteiger partial charge < -0.3 is 4.74 Å². The van der Waals surface area contributed by atoms with E-state index in [1.54, 1.807) is 6.07 Å². The van der Waals surface area contributed by atoms with Crippen LogP contribution in [0.1, 0.15) is 30.9 Å². The predicted octanol–water partition coefficient (Wildman–Crippen LogP) is 5.21. The van der Waals surface area contributed by atoms with Crippen molar-refractivity contribution in [3.05, 3.63) is 52.3 Å². The van der Waals surface area contributed by atoms with Gasteiger partial charge in [0.15, 0.2) is 0 Å². The van der Waals surface area contributed by atoms with Crippen molar-refractivity contribution in [2.75, 3.05) is 4.90 Å². The van der Waals surface area contributed by atoms with Crippen molar-refractivity contribution in [2.45, 2.75) is 31.4 Å². The van der Waals surface area contributed by atoms with Crippen LogP contribution in [0.3, 0.4) is 0 Å². The van der Waals surface area contributed by atoms with Crippen LogP contribution in [0.5, 0.6) is 11.5 Å². The third-order valence-corrected chi connectivity index (χ3v) is 5.23. The molecule has 2 aromatic carbocycles. The number of hydrogen-bond acceptors (Lipinski definition) is 3. The molecule has 2 aliphatic rings. The first-order valence-corrected chi connectivity index (χ1v) is 8.66. The number of rotatable bonds is 2. The Morgan fingerprint density at radius 1 is 1.18 bits per heavy atom. The molecule has 4 nitrogen and oxygen atoms in total. The highest BCUT2D eigenvalue weighted by Crippen LogP contribution is 2.58. The first kappa shape index (κ1) is 18.7. The summed E-state index contributed by atoms with van der Waals surface area (Å²) in [4.78, 5) is 25.5. The molecule has 2 aromatic rings. The standard InChI is InChI=1S/C19H12ClF4NO3/c1-9(26)25-15-3-2-10(6-12(15)18(4-5-18)17(25)27)28-11-7-13(20)16(14(21)8-11)19(22,23)24/h2-3,6-8H,4-5H2,1H3. The Balaban J connectivity index is 1.70. The summed E-state index contributed by atoms with van der Waals surface area (Å²) < 4.78 is 57.8. The number of alkyl halides is 3. The van der Waals surface area contributed by atoms with E-state index in [0.29, 0.717) is 30.2 Å². The third-order valence-electron chi connectivity index (χ3n) is 4.94. The summed E-state index contributed by atoms with van der Waals surface area (Å²) in [7, 11) is 0. The number of halogens is 5. The van der Waals surface area contributed by atoms with Gasteiger partial charge in [-0.25, -0.2) is 9.29 Å². The lowest BCUT2D eigenvalue weighted by atomic mass is 9.98. The number of imide groups is 1. The Labute approximate surface area is 161 Å². The van der Waals surface area contributed by atoms with Crippen molar-refractivity contribution in [1.29, 1.82) is 0 Å². The number of anilines is 1. The monoisotopic (exact) mass is 413 g/mol. The summed E-state index contributed by atoms with van der Waals surface area (Å²) in [5, 5.41) is -0.819. The molecule has 0 saturated heterocycles. The molecular weight excluding hydrogens is 402 g/mol. The molecule has 146 valence electrons. The number of carbonyl (C=O) groups excluding carboxylic acids is 2. The molecule has 0 bridgehead atoms. The molecule has 0 N–H and O–H groups in total. The van der Waals surface area contributed by atoms with Gasteiger partial charge in [0.25, 0.3) is 0 Å². The van der Waals surface area contributed by atoms with Crippen molar-refractivity contribution in [3.8, 4) is 11.5 Å². The fourth-order valence-corrected chi connectivity index (χ4v) is 3.84. The minimum Gasteiger partial charge on any atom is -0.457 e. The first-order chi connectivity index (χ1) is 13.0. The lowest BCUT2D eigenvalue weighted by molar-refractivity contribution is -0.140. The van der Waals surface area contributed by atoms with Gasteiger partial charge in [0, 0.05) is 19.1 Å². The Hall–Kier alpha value is -2.61. The normalized spacial score (nSPS) is 17.1. The third kappa shape index (κ3) is 2.74. The van der Waals surface area contributed by atoms with Crippen LogP contribution >= 0.6 is 11.6 Å². The highest BCUT2D eigenvalue weighted by Gasteiger charge is 2.60. The van der Waals surface area contributed by atoms with Crippen molar-refractivity contribution >= 4 is 29.1 Å². The van der Waals surface area contributed by atoms with E-state index in [-0.39, 0.29) is 17.4 Å². The van der Waals surface area contributed by atoms with Crippen LogP contribution in [-0.2, 0) is 21.2 Å². The Morgan fingerprint density at radius 3 is 2.39 bits per heavy atom. The zero-order chi connectivity index (χ0) is 20.4. The molecule has 1 aliphatic heterocycles. The Kier molecular flexibility index (Phi) is 3.98. The van der Waals surface area contributed by atoms with E-state index in [2.05, 4.69) is 0 Å². The number of carbonyl (C=O) groups is 2. The molecule has 0 unspecified atom stereocenters. The maximum atomic E-state index is 13.9. The molecule has 1 aliphatic carbocycles. The fourth-order valence-electron chi connectivity index (χ4n) is 3.53. The Morgan fingerprint density at radius 2 is 1.86 bits per heavy atom. The van der Waals surface area contributed by atoms with Gasteiger partial charge in [-0.05, 0) is 36.6 Å². The summed E-state index contributed by atoms with van der Waals surface area (Å²) >= 11 is 5.58. The maximum Gasteiger partial charge on any atom is 0.420 e. The largest absolute Gasteiger partial charge is 0.457 e. The lowest BCUT2D eigenvalue weighted by Crippen LogP contribution is -2.35. The van der Waals surface area contributed by atoms with E-state index in [1.807, 2.05) is 0 Å². The zero-order valence-corrected chi connectivity index (χ0v) is 15.1. The number of hydrogen-bond donors (Lipinski definition) is 0. The number of nitrogens with zero attached hydrogens (tertiary/aromatic N) is 1. The highest BCUT2D eigenvalue weighted by molar-refractivity contribution is 6.31. The van der Waals surface area contributed by atoms with E-state index < -0.39 is 33.9 Å². The maximum absolute atomic E-state index is 13.9. The van der Waals surface area contributed by atoms with Gasteiger partial charge in [0.1, 0.15) is 22.9 Å². The van der Waals surface area contributed by atoms with Crippen LogP contribution in [-0.4, -0.2) is 11.8 Å². The fraction of sp³-hybridized carbons (Fsp3) is 0.263. The minimum absolute atomic E-state index is 0.193. The summed E-state index contributed by atoms with van der Waals surface area (Å²) in [5.41, 5.74) is -1.25. The van der Waals surface area contributed by atoms with E-state index in [4.69, 9.17) is 16.3 Å². The number of ether oxygens (including phenoxy) is 1. The second-order valence-electron chi connectivity index (χ2n) is 6.78. The summed E-state index contributed by atoms with van der Waals surface area (Å²) in [5.74, 6) is -2.27. The second kappa shape index (κ2) is 5.94. The molecule has 1 heterocycles. The molecule has 1 fully saturated rings. The molecule has 9 heteroatoms. The summed E-state index contributed by atoms with van der Waals surface area (Å²) in [6.45, 7) is 1.29. The zero-order valence-electron chi connectivity index (χ0n) is 14.4. The van der Waals surface area contributed by atoms with Gasteiger partial charge >= 0.3 is 6.18 Å². The molecule has 0 aromatic heterocycles. The number of benzene rings is 2. The average Bonchev–Trinajstić information content (AvgIpc) is 3.31. The highest BCUT2D eigenvalue weighted by atomic mass is 35.5. The second-order valence-corrected chi connectivity index (χ2v) is 7.19. The number of fused-ring (bicyclic) bond motifs is 2. The molecule has 1 saturated carbocycles. The van der Waals surface area contributed by atoms with Gasteiger partial charge in [-0.3, -0.25) is 9.59 Å². The molecule has 0 radical (unpaired) electrons. The van der Waals surface area contributed by atoms with Crippen molar-refractivity contribution in [3.63, 3.8) is 0 Å². The van der Waals surface area contributed by atoms with Gasteiger partial charge in [-0.2, -0.15) is 13.2 Å². The first-order valence-electron chi connectivity index (χ1n) is 8.28. The predicted molar refractivity (Wildman–Crippen MR) is 92.0 cm³/mol. The van der Waals surface area contributed by atoms with E-state index in [9.17, 15) is 27.2 Å². The van der Waals surface area contributed by atoms with Crippen LogP contribution in [0.15, 0.2) is 30.3 Å². The van der Waals surface area contributed by atoms with E-state index in [1.165, 1.54) is 19.1 Å². The van der Waals surface area contributed by atoms with Crippen LogP contribution in [0.2, 0.25) is 5.02 Å². The van der Waals surface area contributed by atoms with Crippen LogP contribution < -0.4 is 9.64 Å². The summed E-state index contributed by atoms with van der Waals surface area (Å²) in [6, 6.07) is 6.00. The van der Waals surface area contributed by atoms with E-state index in [0.717, 1.165) is 11.0 Å². The van der Waals surface area contributed by atoms with Crippen LogP contribution in [0, 0.1) is 5.82 Å². The van der Waals surface area contributed by atoms with Gasteiger partial charge in [-0.1, -0.05) is 11.6 Å². The quantitative estimate of drug-likeness (QED) is 0.634. The van der Waals surface area contributed by atoms with Crippen LogP contribution in [0.25, 0.3) is 0 Å². The molecule has 2 amide bonds. The SMILES string of the molecule is CC(=O)N1C(=O)C2(CC2)c2cc(Oc3cc(F)c(C(F)(F)F)c(Cl)c3)ccc21. The lowest BCUT2D eigenvalue weighted by Gasteiger charge is -2.14. The van der Waals surface area contributed by atoms with Crippen molar-refractivity contribution < 1.29 is 31.9 Å². The van der Waals surface area contributed by atoms with E-state index >= 15 is 0 Å². The smallest absolute Gasteiger partial charge is 0.420 e. The van der Waals surface area contributed by atoms with Gasteiger partial charge in [0.05, 0.1) is 16.1 Å². The molecule has 1 spiro atoms. The molecular formula is C19H12ClF4NO3. The van der Waals surface area contributed by atoms with Crippen molar-refractivity contribution in [2.24, 2.45) is 0 Å². The average molecular weight is 414 g/mol. The molecule has 28 heavy (non-hydrogen) atoms. The summed E-state index contributed by atoms with van der Waals surface area (Å²) in [6.07, 6.45) is -3.75. The van der Waals surface area contributed by atoms with Crippen molar-refractivity contribution in [1.82, 2.24) is 0 Å². The minimum atomic E-state index is -4.93. The molecule has 4 rings (SSSR count). The van der Waals surface area contributed by atoms with Gasteiger partial charge in [-0.15, -0.1) is 0 Å². The number of amides is 2. The van der Waals surface area contributed by atoms with Crippen LogP contribution in [0.4, 0.5) is 23.2 Å².